The van der Waals surface area contributed by atoms with Crippen LogP contribution < -0.4 is 4.74 Å². The number of hydrogen-bond acceptors (Lipinski definition) is 5. The second kappa shape index (κ2) is 7.50. The first-order chi connectivity index (χ1) is 14.8. The third-order valence-electron chi connectivity index (χ3n) is 8.56. The molecule has 0 saturated heterocycles. The smallest absolute Gasteiger partial charge is 0.170 e. The topological polar surface area (TPSA) is 83.8 Å². The molecule has 0 radical (unpaired) electrons. The number of rotatable bonds is 6. The van der Waals surface area contributed by atoms with Gasteiger partial charge >= 0.3 is 0 Å². The van der Waals surface area contributed by atoms with E-state index in [2.05, 4.69) is 20.8 Å². The Morgan fingerprint density at radius 1 is 0.906 bits per heavy atom. The molecule has 1 heterocycles. The summed E-state index contributed by atoms with van der Waals surface area (Å²) < 4.78 is 6.67. The van der Waals surface area contributed by atoms with Gasteiger partial charge in [0, 0.05) is 30.2 Å². The van der Waals surface area contributed by atoms with Crippen molar-refractivity contribution < 1.29 is 24.5 Å². The molecule has 0 unspecified atom stereocenters. The fourth-order valence-corrected chi connectivity index (χ4v) is 6.68. The molecular weight excluding hydrogens is 404 g/mol. The molecule has 5 rings (SSSR count). The van der Waals surface area contributed by atoms with Gasteiger partial charge in [0.05, 0.1) is 0 Å². The second-order valence-electron chi connectivity index (χ2n) is 12.0. The van der Waals surface area contributed by atoms with E-state index in [-0.39, 0.29) is 64.5 Å². The van der Waals surface area contributed by atoms with E-state index < -0.39 is 11.4 Å². The molecule has 2 bridgehead atoms. The highest BCUT2D eigenvalue weighted by Crippen LogP contribution is 2.68. The number of Topliss-reactive ketones (excluding diaryl/α,β-unsaturated/α-hetero) is 2. The molecule has 5 heteroatoms. The van der Waals surface area contributed by atoms with Crippen LogP contribution in [-0.4, -0.2) is 27.4 Å². The van der Waals surface area contributed by atoms with E-state index in [9.17, 15) is 19.8 Å². The average Bonchev–Trinajstić information content (AvgIpc) is 2.64. The maximum Gasteiger partial charge on any atom is 0.170 e. The number of benzene rings is 1. The number of aromatic hydroxyl groups is 2. The van der Waals surface area contributed by atoms with E-state index >= 15 is 0 Å². The van der Waals surface area contributed by atoms with Crippen LogP contribution in [0.5, 0.6) is 17.2 Å². The summed E-state index contributed by atoms with van der Waals surface area (Å²) in [4.78, 5) is 26.3. The minimum absolute atomic E-state index is 0.0689. The zero-order valence-electron chi connectivity index (χ0n) is 20.5. The zero-order valence-corrected chi connectivity index (χ0v) is 20.5. The Balaban J connectivity index is 1.89. The van der Waals surface area contributed by atoms with Crippen LogP contribution in [0, 0.1) is 35.0 Å². The fourth-order valence-electron chi connectivity index (χ4n) is 6.68. The molecule has 0 amide bonds. The number of hydrogen-bond donors (Lipinski definition) is 2. The van der Waals surface area contributed by atoms with Crippen LogP contribution in [0.4, 0.5) is 0 Å². The highest BCUT2D eigenvalue weighted by molar-refractivity contribution is 6.09. The summed E-state index contributed by atoms with van der Waals surface area (Å²) in [7, 11) is 0. The van der Waals surface area contributed by atoms with Crippen LogP contribution >= 0.6 is 0 Å². The first kappa shape index (κ1) is 23.1. The Morgan fingerprint density at radius 3 is 2.00 bits per heavy atom. The number of carbonyl (C=O) groups excluding carboxylic acids is 2. The molecule has 32 heavy (non-hydrogen) atoms. The molecule has 4 atom stereocenters. The lowest BCUT2D eigenvalue weighted by Gasteiger charge is -2.67. The van der Waals surface area contributed by atoms with E-state index in [1.807, 2.05) is 27.7 Å². The standard InChI is InChI=1S/C27H38O5/c1-13(2)8-18(28)21-23(30)17-11-16-10-15-12-20(26(15,5)6)27(16,7)32-25(17)22(24(21)31)19(29)9-14(3)4/h13-16,20,30-31H,8-12H2,1-7H3/t15-,16+,20+,27-/m0/s1. The van der Waals surface area contributed by atoms with E-state index in [1.165, 1.54) is 0 Å². The lowest BCUT2D eigenvalue weighted by atomic mass is 9.41. The van der Waals surface area contributed by atoms with Crippen molar-refractivity contribution in [3.05, 3.63) is 16.7 Å². The molecule has 3 aliphatic carbocycles. The summed E-state index contributed by atoms with van der Waals surface area (Å²) in [6.07, 6.45) is 3.10. The van der Waals surface area contributed by atoms with Gasteiger partial charge in [-0.2, -0.15) is 0 Å². The Kier molecular flexibility index (Phi) is 5.42. The van der Waals surface area contributed by atoms with Gasteiger partial charge in [-0.15, -0.1) is 0 Å². The Morgan fingerprint density at radius 2 is 1.47 bits per heavy atom. The quantitative estimate of drug-likeness (QED) is 0.533. The summed E-state index contributed by atoms with van der Waals surface area (Å²) in [6, 6.07) is 0. The van der Waals surface area contributed by atoms with Crippen LogP contribution in [0.3, 0.4) is 0 Å². The SMILES string of the molecule is CC(C)CC(=O)c1c(O)c2c(c(C(=O)CC(C)C)c1O)O[C@@]1(C)[C@@H](C2)C[C@H]2C[C@@H]1C2(C)C. The summed E-state index contributed by atoms with van der Waals surface area (Å²) in [5.74, 6) is 0.452. The molecule has 0 spiro atoms. The number of phenols is 2. The van der Waals surface area contributed by atoms with Gasteiger partial charge < -0.3 is 14.9 Å². The van der Waals surface area contributed by atoms with E-state index in [4.69, 9.17) is 4.74 Å². The lowest BCUT2D eigenvalue weighted by Crippen LogP contribution is -2.67. The lowest BCUT2D eigenvalue weighted by molar-refractivity contribution is -0.217. The van der Waals surface area contributed by atoms with Crippen molar-refractivity contribution in [3.63, 3.8) is 0 Å². The normalized spacial score (nSPS) is 29.7. The molecule has 3 saturated carbocycles. The predicted molar refractivity (Wildman–Crippen MR) is 124 cm³/mol. The van der Waals surface area contributed by atoms with Crippen LogP contribution in [0.1, 0.15) is 100 Å². The molecule has 176 valence electrons. The van der Waals surface area contributed by atoms with Gasteiger partial charge in [-0.25, -0.2) is 0 Å². The van der Waals surface area contributed by atoms with Crippen molar-refractivity contribution in [2.24, 2.45) is 35.0 Å². The van der Waals surface area contributed by atoms with E-state index in [0.29, 0.717) is 29.6 Å². The third kappa shape index (κ3) is 3.26. The van der Waals surface area contributed by atoms with E-state index in [0.717, 1.165) is 12.8 Å². The molecule has 0 aromatic heterocycles. The minimum Gasteiger partial charge on any atom is -0.507 e. The van der Waals surface area contributed by atoms with Crippen LogP contribution in [-0.2, 0) is 6.42 Å². The predicted octanol–water partition coefficient (Wildman–Crippen LogP) is 5.93. The Bertz CT molecular complexity index is 973. The third-order valence-corrected chi connectivity index (χ3v) is 8.56. The van der Waals surface area contributed by atoms with Crippen LogP contribution in [0.15, 0.2) is 0 Å². The van der Waals surface area contributed by atoms with Crippen molar-refractivity contribution in [1.82, 2.24) is 0 Å². The van der Waals surface area contributed by atoms with Crippen LogP contribution in [0.25, 0.3) is 0 Å². The molecule has 2 N–H and O–H groups in total. The minimum atomic E-state index is -0.458. The highest BCUT2D eigenvalue weighted by atomic mass is 16.5. The number of ketones is 2. The van der Waals surface area contributed by atoms with Crippen molar-refractivity contribution in [1.29, 1.82) is 0 Å². The molecule has 5 nitrogen and oxygen atoms in total. The molecular formula is C27H38O5. The van der Waals surface area contributed by atoms with Crippen molar-refractivity contribution in [2.75, 3.05) is 0 Å². The maximum atomic E-state index is 13.3. The van der Waals surface area contributed by atoms with Crippen molar-refractivity contribution in [2.45, 2.75) is 86.2 Å². The first-order valence-electron chi connectivity index (χ1n) is 12.1. The van der Waals surface area contributed by atoms with Gasteiger partial charge in [0.2, 0.25) is 0 Å². The monoisotopic (exact) mass is 442 g/mol. The van der Waals surface area contributed by atoms with Gasteiger partial charge in [0.1, 0.15) is 34.0 Å². The number of ether oxygens (including phenoxy) is 1. The molecule has 1 aromatic rings. The molecule has 1 aliphatic heterocycles. The largest absolute Gasteiger partial charge is 0.507 e. The van der Waals surface area contributed by atoms with Gasteiger partial charge in [0.15, 0.2) is 11.6 Å². The summed E-state index contributed by atoms with van der Waals surface area (Å²) >= 11 is 0. The number of carbonyl (C=O) groups is 2. The molecule has 4 aliphatic rings. The van der Waals surface area contributed by atoms with Crippen molar-refractivity contribution >= 4 is 11.6 Å². The number of phenolic OH excluding ortho intramolecular Hbond substituents is 2. The maximum absolute atomic E-state index is 13.3. The van der Waals surface area contributed by atoms with Gasteiger partial charge in [0.25, 0.3) is 0 Å². The molecule has 3 fully saturated rings. The van der Waals surface area contributed by atoms with Crippen molar-refractivity contribution in [3.8, 4) is 17.2 Å². The summed E-state index contributed by atoms with van der Waals surface area (Å²) in [5, 5.41) is 22.3. The molecule has 1 aromatic carbocycles. The first-order valence-corrected chi connectivity index (χ1v) is 12.1. The fraction of sp³-hybridized carbons (Fsp3) is 0.704. The van der Waals surface area contributed by atoms with Gasteiger partial charge in [-0.3, -0.25) is 9.59 Å². The van der Waals surface area contributed by atoms with Gasteiger partial charge in [-0.1, -0.05) is 41.5 Å². The highest BCUT2D eigenvalue weighted by Gasteiger charge is 2.66. The number of fused-ring (bicyclic) bond motifs is 1. The Hall–Kier alpha value is -2.04. The zero-order chi connectivity index (χ0) is 23.7. The van der Waals surface area contributed by atoms with Crippen LogP contribution in [0.2, 0.25) is 0 Å². The Labute approximate surface area is 191 Å². The second-order valence-corrected chi connectivity index (χ2v) is 12.0. The van der Waals surface area contributed by atoms with E-state index in [1.54, 1.807) is 0 Å². The summed E-state index contributed by atoms with van der Waals surface area (Å²) in [6.45, 7) is 14.4. The summed E-state index contributed by atoms with van der Waals surface area (Å²) in [5.41, 5.74) is 0.196. The van der Waals surface area contributed by atoms with Gasteiger partial charge in [-0.05, 0) is 49.4 Å². The average molecular weight is 443 g/mol.